The fourth-order valence-corrected chi connectivity index (χ4v) is 2.79. The molecule has 1 amide bonds. The van der Waals surface area contributed by atoms with E-state index in [9.17, 15) is 4.79 Å². The minimum Gasteiger partial charge on any atom is -0.361 e. The number of fused-ring (bicyclic) bond motifs is 1. The molecular weight excluding hydrogens is 244 g/mol. The Morgan fingerprint density at radius 3 is 3.06 bits per heavy atom. The number of benzene rings is 1. The van der Waals surface area contributed by atoms with Crippen LogP contribution in [0.2, 0.25) is 0 Å². The second-order valence-corrected chi connectivity index (χ2v) is 5.29. The molecule has 0 bridgehead atoms. The van der Waals surface area contributed by atoms with Gasteiger partial charge < -0.3 is 9.88 Å². The smallest absolute Gasteiger partial charge is 0.223 e. The third-order valence-corrected chi connectivity index (χ3v) is 4.06. The molecule has 0 aliphatic carbocycles. The Morgan fingerprint density at radius 1 is 1.39 bits per heavy atom. The van der Waals surface area contributed by atoms with E-state index in [1.54, 1.807) is 0 Å². The van der Waals surface area contributed by atoms with E-state index in [1.165, 1.54) is 10.9 Å². The highest BCUT2D eigenvalue weighted by Gasteiger charge is 2.28. The first-order chi connectivity index (χ1) is 8.76. The molecule has 94 valence electrons. The number of aromatic nitrogens is 1. The van der Waals surface area contributed by atoms with E-state index in [2.05, 4.69) is 41.9 Å². The van der Waals surface area contributed by atoms with Crippen LogP contribution in [0.1, 0.15) is 12.0 Å². The molecule has 1 saturated heterocycles. The molecule has 4 heteroatoms. The van der Waals surface area contributed by atoms with Crippen molar-refractivity contribution in [1.82, 2.24) is 9.88 Å². The van der Waals surface area contributed by atoms with Crippen molar-refractivity contribution in [2.75, 3.05) is 12.3 Å². The Balaban J connectivity index is 1.77. The average Bonchev–Trinajstić information content (AvgIpc) is 2.96. The summed E-state index contributed by atoms with van der Waals surface area (Å²) in [5, 5.41) is 1.21. The average molecular weight is 260 g/mol. The number of carbonyl (C=O) groups excluding carboxylic acids is 1. The largest absolute Gasteiger partial charge is 0.361 e. The number of amides is 1. The van der Waals surface area contributed by atoms with Gasteiger partial charge in [-0.1, -0.05) is 12.1 Å². The molecule has 0 radical (unpaired) electrons. The summed E-state index contributed by atoms with van der Waals surface area (Å²) in [4.78, 5) is 17.0. The van der Waals surface area contributed by atoms with Gasteiger partial charge in [-0.3, -0.25) is 4.79 Å². The first-order valence-corrected chi connectivity index (χ1v) is 6.84. The lowest BCUT2D eigenvalue weighted by Gasteiger charge is -2.16. The lowest BCUT2D eigenvalue weighted by molar-refractivity contribution is -0.128. The third kappa shape index (κ3) is 2.12. The molecule has 1 aromatic carbocycles. The Bertz CT molecular complexity index is 578. The first-order valence-electron chi connectivity index (χ1n) is 6.21. The van der Waals surface area contributed by atoms with Crippen LogP contribution in [0.25, 0.3) is 10.9 Å². The SMILES string of the molecule is O=C1CC(CS)CN1Cc1ccc2cc[nH]c2c1. The van der Waals surface area contributed by atoms with E-state index in [-0.39, 0.29) is 5.91 Å². The van der Waals surface area contributed by atoms with Gasteiger partial charge in [-0.2, -0.15) is 12.6 Å². The summed E-state index contributed by atoms with van der Waals surface area (Å²) in [5.74, 6) is 1.45. The Labute approximate surface area is 112 Å². The minimum absolute atomic E-state index is 0.251. The van der Waals surface area contributed by atoms with Crippen molar-refractivity contribution in [3.63, 3.8) is 0 Å². The standard InChI is InChI=1S/C14H16N2OS/c17-14-6-11(9-18)8-16(14)7-10-1-2-12-3-4-15-13(12)5-10/h1-5,11,15,18H,6-9H2. The lowest BCUT2D eigenvalue weighted by atomic mass is 10.1. The van der Waals surface area contributed by atoms with Crippen molar-refractivity contribution in [1.29, 1.82) is 0 Å². The van der Waals surface area contributed by atoms with Crippen LogP contribution in [0, 0.1) is 5.92 Å². The van der Waals surface area contributed by atoms with E-state index in [4.69, 9.17) is 0 Å². The molecule has 0 saturated carbocycles. The van der Waals surface area contributed by atoms with Gasteiger partial charge in [-0.15, -0.1) is 0 Å². The van der Waals surface area contributed by atoms with Gasteiger partial charge in [0.15, 0.2) is 0 Å². The van der Waals surface area contributed by atoms with E-state index >= 15 is 0 Å². The van der Waals surface area contributed by atoms with E-state index in [0.717, 1.165) is 17.8 Å². The number of H-pyrrole nitrogens is 1. The molecule has 1 atom stereocenters. The topological polar surface area (TPSA) is 36.1 Å². The maximum absolute atomic E-state index is 11.8. The summed E-state index contributed by atoms with van der Waals surface area (Å²) in [6, 6.07) is 8.36. The fourth-order valence-electron chi connectivity index (χ4n) is 2.54. The molecule has 3 rings (SSSR count). The lowest BCUT2D eigenvalue weighted by Crippen LogP contribution is -2.24. The highest BCUT2D eigenvalue weighted by atomic mass is 32.1. The van der Waals surface area contributed by atoms with Gasteiger partial charge in [0.05, 0.1) is 0 Å². The van der Waals surface area contributed by atoms with Crippen molar-refractivity contribution < 1.29 is 4.79 Å². The van der Waals surface area contributed by atoms with Crippen LogP contribution in [0.3, 0.4) is 0 Å². The van der Waals surface area contributed by atoms with Crippen molar-refractivity contribution in [2.45, 2.75) is 13.0 Å². The Kier molecular flexibility index (Phi) is 3.04. The summed E-state index contributed by atoms with van der Waals surface area (Å²) in [6.45, 7) is 1.54. The van der Waals surface area contributed by atoms with E-state index in [0.29, 0.717) is 18.9 Å². The molecular formula is C14H16N2OS. The van der Waals surface area contributed by atoms with Gasteiger partial charge >= 0.3 is 0 Å². The van der Waals surface area contributed by atoms with Gasteiger partial charge in [-0.05, 0) is 34.8 Å². The van der Waals surface area contributed by atoms with Gasteiger partial charge in [0.25, 0.3) is 0 Å². The van der Waals surface area contributed by atoms with Gasteiger partial charge in [0.2, 0.25) is 5.91 Å². The number of hydrogen-bond acceptors (Lipinski definition) is 2. The van der Waals surface area contributed by atoms with Crippen LogP contribution in [-0.4, -0.2) is 28.1 Å². The molecule has 0 spiro atoms. The van der Waals surface area contributed by atoms with Crippen LogP contribution in [0.4, 0.5) is 0 Å². The van der Waals surface area contributed by atoms with Crippen molar-refractivity contribution >= 4 is 29.4 Å². The van der Waals surface area contributed by atoms with Crippen molar-refractivity contribution in [2.24, 2.45) is 5.92 Å². The summed E-state index contributed by atoms with van der Waals surface area (Å²) in [6.07, 6.45) is 2.58. The quantitative estimate of drug-likeness (QED) is 0.817. The summed E-state index contributed by atoms with van der Waals surface area (Å²) < 4.78 is 0. The number of nitrogens with one attached hydrogen (secondary N) is 1. The predicted octanol–water partition coefficient (Wildman–Crippen LogP) is 2.45. The predicted molar refractivity (Wildman–Crippen MR) is 75.7 cm³/mol. The van der Waals surface area contributed by atoms with Crippen LogP contribution in [0.15, 0.2) is 30.5 Å². The van der Waals surface area contributed by atoms with Gasteiger partial charge in [-0.25, -0.2) is 0 Å². The molecule has 1 unspecified atom stereocenters. The number of likely N-dealkylation sites (tertiary alicyclic amines) is 1. The zero-order valence-corrected chi connectivity index (χ0v) is 11.0. The van der Waals surface area contributed by atoms with Crippen molar-refractivity contribution in [3.8, 4) is 0 Å². The van der Waals surface area contributed by atoms with Crippen LogP contribution in [-0.2, 0) is 11.3 Å². The number of nitrogens with zero attached hydrogens (tertiary/aromatic N) is 1. The zero-order chi connectivity index (χ0) is 12.5. The fraction of sp³-hybridized carbons (Fsp3) is 0.357. The molecule has 2 heterocycles. The second-order valence-electron chi connectivity index (χ2n) is 4.93. The van der Waals surface area contributed by atoms with Crippen LogP contribution < -0.4 is 0 Å². The highest BCUT2D eigenvalue weighted by molar-refractivity contribution is 7.80. The molecule has 2 aromatic rings. The zero-order valence-electron chi connectivity index (χ0n) is 10.1. The molecule has 1 aliphatic heterocycles. The maximum Gasteiger partial charge on any atom is 0.223 e. The summed E-state index contributed by atoms with van der Waals surface area (Å²) in [5.41, 5.74) is 2.31. The highest BCUT2D eigenvalue weighted by Crippen LogP contribution is 2.22. The summed E-state index contributed by atoms with van der Waals surface area (Å²) >= 11 is 4.28. The van der Waals surface area contributed by atoms with E-state index < -0.39 is 0 Å². The first kappa shape index (κ1) is 11.7. The molecule has 3 nitrogen and oxygen atoms in total. The summed E-state index contributed by atoms with van der Waals surface area (Å²) in [7, 11) is 0. The molecule has 18 heavy (non-hydrogen) atoms. The molecule has 1 aromatic heterocycles. The number of hydrogen-bond donors (Lipinski definition) is 2. The third-order valence-electron chi connectivity index (χ3n) is 3.55. The molecule has 1 fully saturated rings. The normalized spacial score (nSPS) is 19.9. The van der Waals surface area contributed by atoms with E-state index in [1.807, 2.05) is 11.1 Å². The number of rotatable bonds is 3. The van der Waals surface area contributed by atoms with Crippen molar-refractivity contribution in [3.05, 3.63) is 36.0 Å². The molecule has 1 N–H and O–H groups in total. The second kappa shape index (κ2) is 4.69. The Morgan fingerprint density at radius 2 is 2.28 bits per heavy atom. The van der Waals surface area contributed by atoms with Crippen LogP contribution in [0.5, 0.6) is 0 Å². The number of carbonyl (C=O) groups is 1. The Hall–Kier alpha value is -1.42. The maximum atomic E-state index is 11.8. The van der Waals surface area contributed by atoms with Gasteiger partial charge in [0.1, 0.15) is 0 Å². The van der Waals surface area contributed by atoms with Crippen LogP contribution >= 0.6 is 12.6 Å². The number of thiol groups is 1. The number of aromatic amines is 1. The monoisotopic (exact) mass is 260 g/mol. The minimum atomic E-state index is 0.251. The molecule has 1 aliphatic rings. The van der Waals surface area contributed by atoms with Gasteiger partial charge in [0, 0.05) is 31.2 Å².